The molecule has 120 valence electrons. The van der Waals surface area contributed by atoms with Gasteiger partial charge in [-0.3, -0.25) is 4.79 Å². The summed E-state index contributed by atoms with van der Waals surface area (Å²) in [6.45, 7) is 0. The van der Waals surface area contributed by atoms with Crippen LogP contribution in [0.15, 0.2) is 65.1 Å². The van der Waals surface area contributed by atoms with Crippen LogP contribution in [-0.2, 0) is 0 Å². The lowest BCUT2D eigenvalue weighted by Crippen LogP contribution is -2.13. The summed E-state index contributed by atoms with van der Waals surface area (Å²) >= 11 is 4.56. The summed E-state index contributed by atoms with van der Waals surface area (Å²) in [4.78, 5) is 24.6. The number of rotatable bonds is 4. The van der Waals surface area contributed by atoms with Crippen LogP contribution in [0.5, 0.6) is 0 Å². The minimum Gasteiger partial charge on any atom is -0.478 e. The molecule has 24 heavy (non-hydrogen) atoms. The van der Waals surface area contributed by atoms with Crippen molar-refractivity contribution >= 4 is 44.1 Å². The molecule has 6 heteroatoms. The molecule has 1 amide bonds. The van der Waals surface area contributed by atoms with Crippen LogP contribution < -0.4 is 5.32 Å². The van der Waals surface area contributed by atoms with Gasteiger partial charge in [-0.25, -0.2) is 4.79 Å². The second-order valence-corrected chi connectivity index (χ2v) is 6.96. The Morgan fingerprint density at radius 3 is 2.42 bits per heavy atom. The Hall–Kier alpha value is -2.44. The molecule has 4 nitrogen and oxygen atoms in total. The lowest BCUT2D eigenvalue weighted by molar-refractivity contribution is 0.0698. The van der Waals surface area contributed by atoms with E-state index in [1.54, 1.807) is 24.3 Å². The lowest BCUT2D eigenvalue weighted by atomic mass is 10.1. The normalized spacial score (nSPS) is 10.4. The van der Waals surface area contributed by atoms with Crippen molar-refractivity contribution in [1.29, 1.82) is 0 Å². The standard InChI is InChI=1S/C18H12BrNO3S/c19-13-8-4-7-12(9-13)16(21)20-17-14(18(22)23)10-15(24-17)11-5-2-1-3-6-11/h1-10H,(H,20,21)(H,22,23). The zero-order valence-electron chi connectivity index (χ0n) is 12.3. The van der Waals surface area contributed by atoms with Gasteiger partial charge in [-0.15, -0.1) is 11.3 Å². The predicted molar refractivity (Wildman–Crippen MR) is 98.8 cm³/mol. The van der Waals surface area contributed by atoms with E-state index < -0.39 is 5.97 Å². The number of carboxylic acid groups (broad SMARTS) is 1. The summed E-state index contributed by atoms with van der Waals surface area (Å²) in [5, 5.41) is 12.4. The van der Waals surface area contributed by atoms with Gasteiger partial charge in [0.2, 0.25) is 0 Å². The molecular formula is C18H12BrNO3S. The van der Waals surface area contributed by atoms with E-state index in [2.05, 4.69) is 21.2 Å². The molecule has 0 aliphatic carbocycles. The molecule has 0 saturated heterocycles. The Morgan fingerprint density at radius 2 is 1.75 bits per heavy atom. The molecule has 1 heterocycles. The second-order valence-electron chi connectivity index (χ2n) is 4.99. The predicted octanol–water partition coefficient (Wildman–Crippen LogP) is 5.13. The maximum Gasteiger partial charge on any atom is 0.338 e. The van der Waals surface area contributed by atoms with E-state index in [1.807, 2.05) is 36.4 Å². The molecule has 0 aliphatic heterocycles. The van der Waals surface area contributed by atoms with Gasteiger partial charge < -0.3 is 10.4 Å². The number of nitrogens with one attached hydrogen (secondary N) is 1. The number of aromatic carboxylic acids is 1. The Morgan fingerprint density at radius 1 is 1.00 bits per heavy atom. The van der Waals surface area contributed by atoms with Crippen LogP contribution in [0.3, 0.4) is 0 Å². The molecule has 0 aliphatic rings. The summed E-state index contributed by atoms with van der Waals surface area (Å²) < 4.78 is 0.782. The fourth-order valence-electron chi connectivity index (χ4n) is 2.19. The van der Waals surface area contributed by atoms with E-state index in [-0.39, 0.29) is 11.5 Å². The first-order chi connectivity index (χ1) is 11.5. The Kier molecular flexibility index (Phi) is 4.78. The highest BCUT2D eigenvalue weighted by molar-refractivity contribution is 9.10. The van der Waals surface area contributed by atoms with Crippen LogP contribution in [0.4, 0.5) is 5.00 Å². The van der Waals surface area contributed by atoms with Crippen LogP contribution in [0, 0.1) is 0 Å². The summed E-state index contributed by atoms with van der Waals surface area (Å²) in [6, 6.07) is 18.0. The zero-order valence-corrected chi connectivity index (χ0v) is 14.7. The number of anilines is 1. The number of carboxylic acids is 1. The Bertz CT molecular complexity index is 906. The van der Waals surface area contributed by atoms with Crippen molar-refractivity contribution in [3.63, 3.8) is 0 Å². The average Bonchev–Trinajstić information content (AvgIpc) is 3.00. The van der Waals surface area contributed by atoms with Crippen LogP contribution in [-0.4, -0.2) is 17.0 Å². The van der Waals surface area contributed by atoms with Crippen LogP contribution in [0.1, 0.15) is 20.7 Å². The molecule has 0 atom stereocenters. The quantitative estimate of drug-likeness (QED) is 0.636. The van der Waals surface area contributed by atoms with Gasteiger partial charge >= 0.3 is 5.97 Å². The van der Waals surface area contributed by atoms with Crippen molar-refractivity contribution in [1.82, 2.24) is 0 Å². The molecule has 1 aromatic heterocycles. The molecule has 0 fully saturated rings. The zero-order chi connectivity index (χ0) is 17.1. The molecular weight excluding hydrogens is 390 g/mol. The first-order valence-electron chi connectivity index (χ1n) is 7.04. The number of halogens is 1. The van der Waals surface area contributed by atoms with E-state index in [9.17, 15) is 14.7 Å². The van der Waals surface area contributed by atoms with Gasteiger partial charge in [0.15, 0.2) is 0 Å². The van der Waals surface area contributed by atoms with E-state index in [1.165, 1.54) is 11.3 Å². The van der Waals surface area contributed by atoms with Crippen molar-refractivity contribution in [2.24, 2.45) is 0 Å². The highest BCUT2D eigenvalue weighted by atomic mass is 79.9. The van der Waals surface area contributed by atoms with Crippen LogP contribution >= 0.6 is 27.3 Å². The van der Waals surface area contributed by atoms with E-state index in [0.29, 0.717) is 10.6 Å². The maximum absolute atomic E-state index is 12.4. The Labute approximate surface area is 150 Å². The third-order valence-corrected chi connectivity index (χ3v) is 4.93. The smallest absolute Gasteiger partial charge is 0.338 e. The number of carbonyl (C=O) groups is 2. The maximum atomic E-state index is 12.4. The van der Waals surface area contributed by atoms with Gasteiger partial charge in [0.05, 0.1) is 5.56 Å². The molecule has 0 bridgehead atoms. The highest BCUT2D eigenvalue weighted by Crippen LogP contribution is 2.35. The molecule has 0 saturated carbocycles. The SMILES string of the molecule is O=C(Nc1sc(-c2ccccc2)cc1C(=O)O)c1cccc(Br)c1. The number of amides is 1. The fourth-order valence-corrected chi connectivity index (χ4v) is 3.64. The third-order valence-electron chi connectivity index (χ3n) is 3.33. The molecule has 0 radical (unpaired) electrons. The first kappa shape index (κ1) is 16.4. The number of benzene rings is 2. The van der Waals surface area contributed by atoms with E-state index >= 15 is 0 Å². The number of hydrogen-bond donors (Lipinski definition) is 2. The minimum atomic E-state index is -1.07. The van der Waals surface area contributed by atoms with Crippen LogP contribution in [0.25, 0.3) is 10.4 Å². The summed E-state index contributed by atoms with van der Waals surface area (Å²) in [6.07, 6.45) is 0. The topological polar surface area (TPSA) is 66.4 Å². The fraction of sp³-hybridized carbons (Fsp3) is 0. The van der Waals surface area contributed by atoms with Crippen molar-refractivity contribution in [3.05, 3.63) is 76.3 Å². The third kappa shape index (κ3) is 3.55. The van der Waals surface area contributed by atoms with Gasteiger partial charge in [-0.1, -0.05) is 52.3 Å². The molecule has 2 aromatic carbocycles. The van der Waals surface area contributed by atoms with Gasteiger partial charge in [0.25, 0.3) is 5.91 Å². The van der Waals surface area contributed by atoms with Crippen molar-refractivity contribution in [2.75, 3.05) is 5.32 Å². The Balaban J connectivity index is 1.94. The molecule has 3 rings (SSSR count). The summed E-state index contributed by atoms with van der Waals surface area (Å²) in [5.41, 5.74) is 1.45. The first-order valence-corrected chi connectivity index (χ1v) is 8.65. The van der Waals surface area contributed by atoms with Gasteiger partial charge in [-0.05, 0) is 29.8 Å². The summed E-state index contributed by atoms with van der Waals surface area (Å²) in [5.74, 6) is -1.42. The number of thiophene rings is 1. The molecule has 2 N–H and O–H groups in total. The van der Waals surface area contributed by atoms with E-state index in [4.69, 9.17) is 0 Å². The average molecular weight is 402 g/mol. The molecule has 0 unspecified atom stereocenters. The molecule has 0 spiro atoms. The number of hydrogen-bond acceptors (Lipinski definition) is 3. The van der Waals surface area contributed by atoms with Crippen LogP contribution in [0.2, 0.25) is 0 Å². The van der Waals surface area contributed by atoms with E-state index in [0.717, 1.165) is 14.9 Å². The second kappa shape index (κ2) is 6.98. The van der Waals surface area contributed by atoms with Gasteiger partial charge in [-0.2, -0.15) is 0 Å². The molecule has 3 aromatic rings. The highest BCUT2D eigenvalue weighted by Gasteiger charge is 2.18. The monoisotopic (exact) mass is 401 g/mol. The minimum absolute atomic E-state index is 0.0854. The largest absolute Gasteiger partial charge is 0.478 e. The van der Waals surface area contributed by atoms with Crippen molar-refractivity contribution in [3.8, 4) is 10.4 Å². The van der Waals surface area contributed by atoms with Gasteiger partial charge in [0.1, 0.15) is 5.00 Å². The lowest BCUT2D eigenvalue weighted by Gasteiger charge is -2.04. The number of carbonyl (C=O) groups excluding carboxylic acids is 1. The van der Waals surface area contributed by atoms with Crippen molar-refractivity contribution < 1.29 is 14.7 Å². The summed E-state index contributed by atoms with van der Waals surface area (Å²) in [7, 11) is 0. The van der Waals surface area contributed by atoms with Gasteiger partial charge in [0, 0.05) is 14.9 Å². The van der Waals surface area contributed by atoms with Crippen molar-refractivity contribution in [2.45, 2.75) is 0 Å².